The summed E-state index contributed by atoms with van der Waals surface area (Å²) >= 11 is 0. The lowest BCUT2D eigenvalue weighted by Gasteiger charge is -2.11. The van der Waals surface area contributed by atoms with E-state index < -0.39 is 0 Å². The Bertz CT molecular complexity index is 1030. The van der Waals surface area contributed by atoms with Crippen LogP contribution >= 0.6 is 0 Å². The molecule has 1 aromatic heterocycles. The molecule has 0 aliphatic rings. The van der Waals surface area contributed by atoms with E-state index in [0.717, 1.165) is 22.1 Å². The molecule has 4 nitrogen and oxygen atoms in total. The molecule has 0 saturated heterocycles. The van der Waals surface area contributed by atoms with Gasteiger partial charge in [0.1, 0.15) is 17.1 Å². The predicted octanol–water partition coefficient (Wildman–Crippen LogP) is 4.98. The minimum atomic E-state index is 0.149. The third kappa shape index (κ3) is 2.07. The molecule has 3 aromatic carbocycles. The number of rotatable bonds is 3. The summed E-state index contributed by atoms with van der Waals surface area (Å²) in [6.45, 7) is 0. The van der Waals surface area contributed by atoms with E-state index in [0.29, 0.717) is 22.5 Å². The molecular weight excluding hydrogens is 304 g/mol. The Morgan fingerprint density at radius 3 is 2.38 bits per heavy atom. The summed E-state index contributed by atoms with van der Waals surface area (Å²) in [6, 6.07) is 16.9. The minimum Gasteiger partial charge on any atom is -0.507 e. The molecule has 0 radical (unpaired) electrons. The van der Waals surface area contributed by atoms with Crippen LogP contribution < -0.4 is 9.47 Å². The number of aromatic hydroxyl groups is 1. The third-order valence-electron chi connectivity index (χ3n) is 4.17. The number of ether oxygens (including phenoxy) is 2. The number of fused-ring (bicyclic) bond motifs is 3. The molecule has 0 fully saturated rings. The molecule has 0 spiro atoms. The number of hydrogen-bond donors (Lipinski definition) is 1. The van der Waals surface area contributed by atoms with Gasteiger partial charge in [0.2, 0.25) is 0 Å². The van der Waals surface area contributed by atoms with Gasteiger partial charge in [0.05, 0.1) is 19.8 Å². The van der Waals surface area contributed by atoms with Crippen molar-refractivity contribution in [3.63, 3.8) is 0 Å². The largest absolute Gasteiger partial charge is 0.507 e. The molecule has 0 bridgehead atoms. The van der Waals surface area contributed by atoms with Crippen molar-refractivity contribution in [2.75, 3.05) is 14.2 Å². The maximum Gasteiger partial charge on any atom is 0.178 e. The molecule has 0 atom stereocenters. The third-order valence-corrected chi connectivity index (χ3v) is 4.17. The summed E-state index contributed by atoms with van der Waals surface area (Å²) in [6.07, 6.45) is 0. The SMILES string of the molecule is COc1ccc2oc3c(OC)c(-c4ccccc4)c(O)cc3c2c1. The van der Waals surface area contributed by atoms with Gasteiger partial charge in [-0.1, -0.05) is 30.3 Å². The van der Waals surface area contributed by atoms with Crippen molar-refractivity contribution in [1.29, 1.82) is 0 Å². The maximum atomic E-state index is 10.6. The highest BCUT2D eigenvalue weighted by Gasteiger charge is 2.20. The van der Waals surface area contributed by atoms with Crippen LogP contribution in [0.5, 0.6) is 17.2 Å². The predicted molar refractivity (Wildman–Crippen MR) is 93.9 cm³/mol. The first-order chi connectivity index (χ1) is 11.7. The quantitative estimate of drug-likeness (QED) is 0.578. The van der Waals surface area contributed by atoms with E-state index in [4.69, 9.17) is 13.9 Å². The second-order valence-electron chi connectivity index (χ2n) is 5.51. The van der Waals surface area contributed by atoms with Gasteiger partial charge in [-0.15, -0.1) is 0 Å². The second-order valence-corrected chi connectivity index (χ2v) is 5.51. The van der Waals surface area contributed by atoms with Crippen molar-refractivity contribution in [3.8, 4) is 28.4 Å². The van der Waals surface area contributed by atoms with Gasteiger partial charge in [-0.05, 0) is 29.8 Å². The zero-order chi connectivity index (χ0) is 16.7. The number of phenolic OH excluding ortho intramolecular Hbond substituents is 1. The van der Waals surface area contributed by atoms with Crippen LogP contribution in [0, 0.1) is 0 Å². The zero-order valence-corrected chi connectivity index (χ0v) is 13.4. The molecule has 0 saturated carbocycles. The standard InChI is InChI=1S/C20H16O4/c1-22-13-8-9-17-14(10-13)15-11-16(21)18(12-6-4-3-5-7-12)20(23-2)19(15)24-17/h3-11,21H,1-2H3. The number of phenols is 1. The van der Waals surface area contributed by atoms with Crippen LogP contribution in [0.4, 0.5) is 0 Å². The van der Waals surface area contributed by atoms with Crippen molar-refractivity contribution in [2.45, 2.75) is 0 Å². The fourth-order valence-electron chi connectivity index (χ4n) is 3.05. The number of benzene rings is 3. The second kappa shape index (κ2) is 5.49. The molecule has 4 aromatic rings. The minimum absolute atomic E-state index is 0.149. The van der Waals surface area contributed by atoms with Gasteiger partial charge in [0, 0.05) is 10.8 Å². The van der Waals surface area contributed by atoms with Gasteiger partial charge in [-0.2, -0.15) is 0 Å². The van der Waals surface area contributed by atoms with E-state index in [-0.39, 0.29) is 5.75 Å². The summed E-state index contributed by atoms with van der Waals surface area (Å²) in [5, 5.41) is 12.3. The van der Waals surface area contributed by atoms with E-state index in [2.05, 4.69) is 0 Å². The van der Waals surface area contributed by atoms with Crippen LogP contribution in [0.15, 0.2) is 59.0 Å². The molecule has 0 unspecified atom stereocenters. The summed E-state index contributed by atoms with van der Waals surface area (Å²) in [7, 11) is 3.20. The molecular formula is C20H16O4. The summed E-state index contributed by atoms with van der Waals surface area (Å²) in [4.78, 5) is 0. The molecule has 0 aliphatic carbocycles. The van der Waals surface area contributed by atoms with Gasteiger partial charge in [0.15, 0.2) is 11.3 Å². The summed E-state index contributed by atoms with van der Waals surface area (Å²) in [5.74, 6) is 1.40. The van der Waals surface area contributed by atoms with Gasteiger partial charge in [-0.3, -0.25) is 0 Å². The lowest BCUT2D eigenvalue weighted by Crippen LogP contribution is -1.89. The number of hydrogen-bond acceptors (Lipinski definition) is 4. The first-order valence-electron chi connectivity index (χ1n) is 7.58. The average Bonchev–Trinajstić information content (AvgIpc) is 2.98. The van der Waals surface area contributed by atoms with Gasteiger partial charge in [0.25, 0.3) is 0 Å². The molecule has 0 amide bonds. The van der Waals surface area contributed by atoms with Crippen molar-refractivity contribution in [1.82, 2.24) is 0 Å². The normalized spacial score (nSPS) is 11.1. The molecule has 24 heavy (non-hydrogen) atoms. The highest BCUT2D eigenvalue weighted by atomic mass is 16.5. The fraction of sp³-hybridized carbons (Fsp3) is 0.100. The van der Waals surface area contributed by atoms with Crippen molar-refractivity contribution < 1.29 is 19.0 Å². The highest BCUT2D eigenvalue weighted by Crippen LogP contribution is 2.46. The topological polar surface area (TPSA) is 51.8 Å². The van der Waals surface area contributed by atoms with Crippen LogP contribution in [0.25, 0.3) is 33.1 Å². The maximum absolute atomic E-state index is 10.6. The molecule has 1 N–H and O–H groups in total. The van der Waals surface area contributed by atoms with E-state index in [1.54, 1.807) is 20.3 Å². The van der Waals surface area contributed by atoms with E-state index in [9.17, 15) is 5.11 Å². The van der Waals surface area contributed by atoms with Crippen LogP contribution in [0.2, 0.25) is 0 Å². The van der Waals surface area contributed by atoms with Crippen LogP contribution in [0.3, 0.4) is 0 Å². The van der Waals surface area contributed by atoms with E-state index >= 15 is 0 Å². The van der Waals surface area contributed by atoms with Gasteiger partial charge in [-0.25, -0.2) is 0 Å². The number of furan rings is 1. The molecule has 4 heteroatoms. The van der Waals surface area contributed by atoms with Gasteiger partial charge >= 0.3 is 0 Å². The molecule has 120 valence electrons. The molecule has 0 aliphatic heterocycles. The Hall–Kier alpha value is -3.14. The Kier molecular flexibility index (Phi) is 3.31. The van der Waals surface area contributed by atoms with Gasteiger partial charge < -0.3 is 19.0 Å². The lowest BCUT2D eigenvalue weighted by atomic mass is 10.0. The van der Waals surface area contributed by atoms with E-state index in [1.807, 2.05) is 48.5 Å². The smallest absolute Gasteiger partial charge is 0.178 e. The Morgan fingerprint density at radius 2 is 1.67 bits per heavy atom. The first-order valence-corrected chi connectivity index (χ1v) is 7.58. The summed E-state index contributed by atoms with van der Waals surface area (Å²) in [5.41, 5.74) is 2.81. The van der Waals surface area contributed by atoms with Crippen molar-refractivity contribution >= 4 is 21.9 Å². The van der Waals surface area contributed by atoms with Crippen molar-refractivity contribution in [2.24, 2.45) is 0 Å². The Morgan fingerprint density at radius 1 is 0.875 bits per heavy atom. The number of methoxy groups -OCH3 is 2. The lowest BCUT2D eigenvalue weighted by molar-refractivity contribution is 0.408. The fourth-order valence-corrected chi connectivity index (χ4v) is 3.05. The Labute approximate surface area is 138 Å². The van der Waals surface area contributed by atoms with Crippen LogP contribution in [-0.4, -0.2) is 19.3 Å². The molecule has 4 rings (SSSR count). The highest BCUT2D eigenvalue weighted by molar-refractivity contribution is 6.10. The van der Waals surface area contributed by atoms with Crippen molar-refractivity contribution in [3.05, 3.63) is 54.6 Å². The zero-order valence-electron chi connectivity index (χ0n) is 13.4. The summed E-state index contributed by atoms with van der Waals surface area (Å²) < 4.78 is 16.9. The van der Waals surface area contributed by atoms with Crippen LogP contribution in [0.1, 0.15) is 0 Å². The molecule has 1 heterocycles. The Balaban J connectivity index is 2.10. The average molecular weight is 320 g/mol. The first kappa shape index (κ1) is 14.5. The van der Waals surface area contributed by atoms with E-state index in [1.165, 1.54) is 0 Å². The van der Waals surface area contributed by atoms with Crippen LogP contribution in [-0.2, 0) is 0 Å². The monoisotopic (exact) mass is 320 g/mol.